The first-order valence-electron chi connectivity index (χ1n) is 11.1. The van der Waals surface area contributed by atoms with E-state index in [4.69, 9.17) is 4.98 Å². The van der Waals surface area contributed by atoms with E-state index in [1.165, 1.54) is 0 Å². The van der Waals surface area contributed by atoms with Crippen molar-refractivity contribution in [2.75, 3.05) is 5.32 Å². The van der Waals surface area contributed by atoms with E-state index >= 15 is 0 Å². The van der Waals surface area contributed by atoms with Crippen LogP contribution in [0.4, 0.5) is 11.5 Å². The largest absolute Gasteiger partial charge is 0.389 e. The van der Waals surface area contributed by atoms with Gasteiger partial charge in [0, 0.05) is 23.0 Å². The van der Waals surface area contributed by atoms with Crippen LogP contribution in [0.15, 0.2) is 55.1 Å². The highest BCUT2D eigenvalue weighted by molar-refractivity contribution is 5.79. The van der Waals surface area contributed by atoms with Crippen LogP contribution >= 0.6 is 0 Å². The topological polar surface area (TPSA) is 107 Å². The van der Waals surface area contributed by atoms with Gasteiger partial charge in [-0.05, 0) is 63.9 Å². The number of aryl methyl sites for hydroxylation is 2. The molecule has 0 spiro atoms. The van der Waals surface area contributed by atoms with Gasteiger partial charge in [0.1, 0.15) is 23.7 Å². The number of rotatable bonds is 5. The maximum atomic E-state index is 10.4. The molecule has 0 aromatic carbocycles. The Bertz CT molecular complexity index is 1590. The molecule has 2 N–H and O–H groups in total. The van der Waals surface area contributed by atoms with Crippen molar-refractivity contribution in [2.45, 2.75) is 33.8 Å². The fraction of sp³-hybridized carbons (Fsp3) is 0.192. The average Bonchev–Trinajstić information content (AvgIpc) is 3.43. The lowest BCUT2D eigenvalue weighted by Crippen LogP contribution is -2.11. The zero-order valence-corrected chi connectivity index (χ0v) is 19.9. The van der Waals surface area contributed by atoms with Crippen LogP contribution < -0.4 is 5.32 Å². The summed E-state index contributed by atoms with van der Waals surface area (Å²) in [4.78, 5) is 18.3. The predicted octanol–water partition coefficient (Wildman–Crippen LogP) is 4.18. The Kier molecular flexibility index (Phi) is 5.73. The number of pyridine rings is 3. The summed E-state index contributed by atoms with van der Waals surface area (Å²) in [5, 5.41) is 18.2. The first-order chi connectivity index (χ1) is 16.9. The van der Waals surface area contributed by atoms with E-state index in [1.54, 1.807) is 37.3 Å². The van der Waals surface area contributed by atoms with Gasteiger partial charge in [-0.2, -0.15) is 5.10 Å². The van der Waals surface area contributed by atoms with Gasteiger partial charge in [0.15, 0.2) is 5.82 Å². The zero-order chi connectivity index (χ0) is 24.5. The summed E-state index contributed by atoms with van der Waals surface area (Å²) in [6, 6.07) is 11.4. The molecule has 0 aliphatic carbocycles. The second kappa shape index (κ2) is 9.00. The molecule has 0 bridgehead atoms. The molecule has 5 aromatic heterocycles. The predicted molar refractivity (Wildman–Crippen MR) is 134 cm³/mol. The lowest BCUT2D eigenvalue weighted by molar-refractivity contribution is 0.198. The van der Waals surface area contributed by atoms with Crippen molar-refractivity contribution in [3.8, 4) is 23.5 Å². The van der Waals surface area contributed by atoms with Crippen molar-refractivity contribution in [1.29, 1.82) is 0 Å². The van der Waals surface area contributed by atoms with Crippen LogP contribution in [0, 0.1) is 25.7 Å². The van der Waals surface area contributed by atoms with E-state index in [0.29, 0.717) is 28.7 Å². The molecular weight excluding hydrogens is 440 g/mol. The number of fused-ring (bicyclic) bond motifs is 1. The van der Waals surface area contributed by atoms with E-state index in [0.717, 1.165) is 28.1 Å². The SMILES string of the molecule is CC#Cc1cc(C)n(-c2nc(-n3cnc4cc(Nc5ccc(C)nc5)ncc43)ccc2C(C)O)n1. The smallest absolute Gasteiger partial charge is 0.161 e. The highest BCUT2D eigenvalue weighted by atomic mass is 16.3. The number of aliphatic hydroxyl groups excluding tert-OH is 1. The molecule has 5 aromatic rings. The van der Waals surface area contributed by atoms with Crippen molar-refractivity contribution in [1.82, 2.24) is 34.3 Å². The molecule has 1 unspecified atom stereocenters. The van der Waals surface area contributed by atoms with Crippen LogP contribution in [0.25, 0.3) is 22.7 Å². The van der Waals surface area contributed by atoms with E-state index in [9.17, 15) is 5.11 Å². The third-order valence-corrected chi connectivity index (χ3v) is 5.55. The van der Waals surface area contributed by atoms with Crippen LogP contribution in [0.5, 0.6) is 0 Å². The standard InChI is InChI=1S/C26H24N8O/c1-5-6-19-11-17(3)34(32-19)26-21(18(4)35)9-10-25(31-26)33-15-29-22-12-24(28-14-23(22)33)30-20-8-7-16(2)27-13-20/h7-15,18,35H,1-4H3,(H,28,30). The van der Waals surface area contributed by atoms with Crippen molar-refractivity contribution in [3.05, 3.63) is 77.8 Å². The molecule has 0 amide bonds. The molecule has 1 atom stereocenters. The summed E-state index contributed by atoms with van der Waals surface area (Å²) in [5.74, 6) is 7.68. The first kappa shape index (κ1) is 22.3. The number of imidazole rings is 1. The lowest BCUT2D eigenvalue weighted by Gasteiger charge is -2.14. The van der Waals surface area contributed by atoms with Gasteiger partial charge in [0.2, 0.25) is 0 Å². The number of anilines is 2. The summed E-state index contributed by atoms with van der Waals surface area (Å²) in [6.45, 7) is 7.36. The van der Waals surface area contributed by atoms with Gasteiger partial charge in [0.25, 0.3) is 0 Å². The number of aromatic nitrogens is 7. The summed E-state index contributed by atoms with van der Waals surface area (Å²) in [7, 11) is 0. The zero-order valence-electron chi connectivity index (χ0n) is 19.9. The molecule has 5 rings (SSSR count). The normalized spacial score (nSPS) is 11.8. The van der Waals surface area contributed by atoms with Crippen LogP contribution in [0.2, 0.25) is 0 Å². The van der Waals surface area contributed by atoms with Crippen LogP contribution in [0.1, 0.15) is 42.6 Å². The average molecular weight is 465 g/mol. The monoisotopic (exact) mass is 464 g/mol. The summed E-state index contributed by atoms with van der Waals surface area (Å²) >= 11 is 0. The molecule has 0 aliphatic heterocycles. The molecule has 0 saturated carbocycles. The molecular formula is C26H24N8O. The van der Waals surface area contributed by atoms with Gasteiger partial charge >= 0.3 is 0 Å². The third-order valence-electron chi connectivity index (χ3n) is 5.55. The Morgan fingerprint density at radius 2 is 1.89 bits per heavy atom. The fourth-order valence-corrected chi connectivity index (χ4v) is 3.81. The van der Waals surface area contributed by atoms with Gasteiger partial charge in [0.05, 0.1) is 35.2 Å². The first-order valence-corrected chi connectivity index (χ1v) is 11.1. The number of aliphatic hydroxyl groups is 1. The summed E-state index contributed by atoms with van der Waals surface area (Å²) in [5.41, 5.74) is 5.55. The minimum atomic E-state index is -0.720. The van der Waals surface area contributed by atoms with Crippen molar-refractivity contribution < 1.29 is 5.11 Å². The number of hydrogen-bond acceptors (Lipinski definition) is 7. The third kappa shape index (κ3) is 4.35. The molecule has 174 valence electrons. The maximum absolute atomic E-state index is 10.4. The Morgan fingerprint density at radius 1 is 1.03 bits per heavy atom. The minimum Gasteiger partial charge on any atom is -0.389 e. The minimum absolute atomic E-state index is 0.541. The van der Waals surface area contributed by atoms with E-state index in [2.05, 4.69) is 37.2 Å². The van der Waals surface area contributed by atoms with Gasteiger partial charge in [-0.25, -0.2) is 19.6 Å². The van der Waals surface area contributed by atoms with E-state index < -0.39 is 6.10 Å². The summed E-state index contributed by atoms with van der Waals surface area (Å²) in [6.07, 6.45) is 4.51. The van der Waals surface area contributed by atoms with Crippen molar-refractivity contribution in [2.24, 2.45) is 0 Å². The maximum Gasteiger partial charge on any atom is 0.161 e. The number of nitrogens with zero attached hydrogens (tertiary/aromatic N) is 7. The molecule has 5 heterocycles. The van der Waals surface area contributed by atoms with Gasteiger partial charge in [-0.3, -0.25) is 9.55 Å². The van der Waals surface area contributed by atoms with Gasteiger partial charge in [-0.15, -0.1) is 0 Å². The van der Waals surface area contributed by atoms with Crippen molar-refractivity contribution in [3.63, 3.8) is 0 Å². The molecule has 0 aliphatic rings. The van der Waals surface area contributed by atoms with E-state index in [-0.39, 0.29) is 0 Å². The highest BCUT2D eigenvalue weighted by Gasteiger charge is 2.17. The van der Waals surface area contributed by atoms with Gasteiger partial charge < -0.3 is 10.4 Å². The van der Waals surface area contributed by atoms with Crippen LogP contribution in [-0.2, 0) is 0 Å². The summed E-state index contributed by atoms with van der Waals surface area (Å²) < 4.78 is 3.57. The number of nitrogens with one attached hydrogen (secondary N) is 1. The Hall–Kier alpha value is -4.55. The molecule has 35 heavy (non-hydrogen) atoms. The molecule has 9 nitrogen and oxygen atoms in total. The van der Waals surface area contributed by atoms with Gasteiger partial charge in [-0.1, -0.05) is 5.92 Å². The molecule has 9 heteroatoms. The highest BCUT2D eigenvalue weighted by Crippen LogP contribution is 2.26. The number of hydrogen-bond donors (Lipinski definition) is 2. The van der Waals surface area contributed by atoms with Crippen molar-refractivity contribution >= 4 is 22.5 Å². The van der Waals surface area contributed by atoms with Crippen LogP contribution in [-0.4, -0.2) is 39.4 Å². The second-order valence-corrected chi connectivity index (χ2v) is 8.20. The Labute approximate surface area is 202 Å². The Balaban J connectivity index is 1.54. The lowest BCUT2D eigenvalue weighted by atomic mass is 10.1. The molecule has 0 radical (unpaired) electrons. The van der Waals surface area contributed by atoms with E-state index in [1.807, 2.05) is 54.8 Å². The molecule has 0 fully saturated rings. The fourth-order valence-electron chi connectivity index (χ4n) is 3.81. The van der Waals surface area contributed by atoms with Crippen LogP contribution in [0.3, 0.4) is 0 Å². The Morgan fingerprint density at radius 3 is 2.63 bits per heavy atom. The molecule has 0 saturated heterocycles. The second-order valence-electron chi connectivity index (χ2n) is 8.20. The quantitative estimate of drug-likeness (QED) is 0.376.